The smallest absolute Gasteiger partial charge is 0.744 e. The van der Waals surface area contributed by atoms with Crippen LogP contribution in [0.1, 0.15) is 0 Å². The van der Waals surface area contributed by atoms with Crippen molar-refractivity contribution in [3.8, 4) is 17.2 Å². The van der Waals surface area contributed by atoms with Crippen LogP contribution in [0, 0.1) is 0 Å². The molecule has 4 rings (SSSR count). The van der Waals surface area contributed by atoms with E-state index in [2.05, 4.69) is 35.3 Å². The Labute approximate surface area is 310 Å². The van der Waals surface area contributed by atoms with Crippen LogP contribution in [0.2, 0.25) is 0 Å². The Morgan fingerprint density at radius 1 is 0.717 bits per heavy atom. The minimum atomic E-state index is -4.64. The minimum Gasteiger partial charge on any atom is -0.744 e. The first-order valence-corrected chi connectivity index (χ1v) is 14.7. The summed E-state index contributed by atoms with van der Waals surface area (Å²) in [6.45, 7) is 0. The van der Waals surface area contributed by atoms with Crippen molar-refractivity contribution < 1.29 is 99.3 Å². The van der Waals surface area contributed by atoms with Gasteiger partial charge in [-0.05, 0) is 54.6 Å². The number of azo groups is 2. The minimum absolute atomic E-state index is 0. The molecule has 0 heterocycles. The predicted octanol–water partition coefficient (Wildman–Crippen LogP) is 0.264. The van der Waals surface area contributed by atoms with Gasteiger partial charge in [-0.25, -0.2) is 17.4 Å². The van der Waals surface area contributed by atoms with E-state index in [1.165, 1.54) is 62.8 Å². The van der Waals surface area contributed by atoms with Crippen LogP contribution in [0.15, 0.2) is 110 Å². The van der Waals surface area contributed by atoms with Crippen LogP contribution in [0.25, 0.3) is 0 Å². The molecular formula is C27H22N6Na2O9S2. The summed E-state index contributed by atoms with van der Waals surface area (Å²) in [6, 6.07) is 19.7. The molecule has 0 spiro atoms. The first kappa shape index (κ1) is 39.0. The molecule has 46 heavy (non-hydrogen) atoms. The molecule has 0 radical (unpaired) electrons. The summed E-state index contributed by atoms with van der Waals surface area (Å²) < 4.78 is 70.5. The number of ether oxygens (including phenoxy) is 2. The van der Waals surface area contributed by atoms with E-state index < -0.39 is 32.4 Å². The number of rotatable bonds is 11. The number of nitrogens with zero attached hydrogens (tertiary/aromatic N) is 4. The maximum atomic E-state index is 12.8. The topological polar surface area (TPSA) is 216 Å². The molecule has 19 heteroatoms. The van der Waals surface area contributed by atoms with Crippen LogP contribution in [-0.2, 0) is 21.5 Å². The molecule has 0 fully saturated rings. The summed E-state index contributed by atoms with van der Waals surface area (Å²) in [5.41, 5.74) is 1.85. The van der Waals surface area contributed by atoms with Gasteiger partial charge in [-0.2, -0.15) is 20.5 Å². The molecular weight excluding hydrogens is 662 g/mol. The van der Waals surface area contributed by atoms with E-state index in [0.717, 1.165) is 12.1 Å². The third-order valence-electron chi connectivity index (χ3n) is 5.52. The Morgan fingerprint density at radius 2 is 1.17 bits per heavy atom. The number of hydrogen-bond donors (Lipinski definition) is 2. The zero-order valence-corrected chi connectivity index (χ0v) is 30.5. The van der Waals surface area contributed by atoms with Gasteiger partial charge < -0.3 is 33.4 Å². The summed E-state index contributed by atoms with van der Waals surface area (Å²) in [5, 5.41) is 21.5. The number of anilines is 2. The number of hydrogen-bond acceptors (Lipinski definition) is 13. The fourth-order valence-corrected chi connectivity index (χ4v) is 4.35. The normalized spacial score (nSPS) is 11.7. The van der Waals surface area contributed by atoms with Gasteiger partial charge in [0.15, 0.2) is 0 Å². The molecule has 1 unspecified atom stereocenters. The van der Waals surface area contributed by atoms with Crippen molar-refractivity contribution in [3.05, 3.63) is 84.9 Å². The second-order valence-corrected chi connectivity index (χ2v) is 10.4. The fourth-order valence-electron chi connectivity index (χ4n) is 3.57. The van der Waals surface area contributed by atoms with Gasteiger partial charge >= 0.3 is 65.1 Å². The number of urea groups is 1. The maximum Gasteiger partial charge on any atom is 1.00 e. The van der Waals surface area contributed by atoms with E-state index in [4.69, 9.17) is 9.47 Å². The molecule has 0 aliphatic rings. The number of amides is 2. The van der Waals surface area contributed by atoms with E-state index in [1.54, 1.807) is 24.3 Å². The van der Waals surface area contributed by atoms with Crippen molar-refractivity contribution in [3.63, 3.8) is 0 Å². The quantitative estimate of drug-likeness (QED) is 0.0958. The zero-order chi connectivity index (χ0) is 31.7. The average molecular weight is 685 g/mol. The van der Waals surface area contributed by atoms with Gasteiger partial charge in [0, 0.05) is 18.2 Å². The molecule has 0 saturated heterocycles. The molecule has 2 N–H and O–H groups in total. The monoisotopic (exact) mass is 684 g/mol. The Bertz CT molecular complexity index is 1880. The first-order chi connectivity index (χ1) is 21.0. The number of carbonyl (C=O) groups excluding carboxylic acids is 1. The van der Waals surface area contributed by atoms with E-state index in [1.807, 2.05) is 0 Å². The van der Waals surface area contributed by atoms with Crippen LogP contribution in [0.5, 0.6) is 17.2 Å². The van der Waals surface area contributed by atoms with E-state index in [-0.39, 0.29) is 82.1 Å². The van der Waals surface area contributed by atoms with Crippen LogP contribution in [-0.4, -0.2) is 42.0 Å². The van der Waals surface area contributed by atoms with Crippen molar-refractivity contribution in [1.29, 1.82) is 0 Å². The molecule has 4 aromatic rings. The number of carbonyl (C=O) groups is 1. The van der Waals surface area contributed by atoms with Gasteiger partial charge in [-0.3, -0.25) is 0 Å². The number of nitrogens with one attached hydrogen (secondary N) is 2. The molecule has 15 nitrogen and oxygen atoms in total. The standard InChI is InChI=1S/C27H24N6O9S2.2Na/c1-40-25-15-19(32-30-17-5-3-7-21(13-17)42-43(35)36)9-11-23(25)28-27(34)29-24-12-10-20(16-26(24)41-2)33-31-18-6-4-8-22(14-18)44(37,38)39;;/h3-16H,1-2H3,(H,35,36)(H2,28,29,34)(H,37,38,39);;/q;2*+1/p-2. The van der Waals surface area contributed by atoms with E-state index in [0.29, 0.717) is 28.4 Å². The summed E-state index contributed by atoms with van der Waals surface area (Å²) >= 11 is -2.72. The van der Waals surface area contributed by atoms with Gasteiger partial charge in [-0.15, -0.1) is 0 Å². The molecule has 0 aliphatic heterocycles. The van der Waals surface area contributed by atoms with E-state index >= 15 is 0 Å². The Balaban J connectivity index is 0.00000368. The summed E-state index contributed by atoms with van der Waals surface area (Å²) in [6.07, 6.45) is 0. The Morgan fingerprint density at radius 3 is 1.63 bits per heavy atom. The number of benzene rings is 4. The largest absolute Gasteiger partial charge is 1.00 e. The van der Waals surface area contributed by atoms with Crippen molar-refractivity contribution in [2.75, 3.05) is 24.9 Å². The maximum absolute atomic E-state index is 12.8. The van der Waals surface area contributed by atoms with Crippen LogP contribution in [0.4, 0.5) is 38.9 Å². The molecule has 228 valence electrons. The molecule has 0 aromatic heterocycles. The summed E-state index contributed by atoms with van der Waals surface area (Å²) in [5.74, 6) is 0.619. The van der Waals surface area contributed by atoms with Gasteiger partial charge in [0.2, 0.25) is 0 Å². The first-order valence-electron chi connectivity index (χ1n) is 12.3. The Kier molecular flexibility index (Phi) is 15.4. The second kappa shape index (κ2) is 18.2. The van der Waals surface area contributed by atoms with Crippen LogP contribution in [0.3, 0.4) is 0 Å². The second-order valence-electron chi connectivity index (χ2n) is 8.48. The zero-order valence-electron chi connectivity index (χ0n) is 24.9. The van der Waals surface area contributed by atoms with E-state index in [9.17, 15) is 26.5 Å². The third kappa shape index (κ3) is 11.5. The van der Waals surface area contributed by atoms with Gasteiger partial charge in [0.25, 0.3) is 0 Å². The van der Waals surface area contributed by atoms with Crippen molar-refractivity contribution in [1.82, 2.24) is 0 Å². The molecule has 0 saturated carbocycles. The number of methoxy groups -OCH3 is 2. The van der Waals surface area contributed by atoms with Gasteiger partial charge in [-0.1, -0.05) is 12.1 Å². The van der Waals surface area contributed by atoms with Crippen LogP contribution >= 0.6 is 0 Å². The van der Waals surface area contributed by atoms with Crippen molar-refractivity contribution in [2.24, 2.45) is 20.5 Å². The van der Waals surface area contributed by atoms with Crippen molar-refractivity contribution in [2.45, 2.75) is 4.90 Å². The molecule has 4 aromatic carbocycles. The molecule has 0 bridgehead atoms. The van der Waals surface area contributed by atoms with Gasteiger partial charge in [0.1, 0.15) is 38.7 Å². The fraction of sp³-hybridized carbons (Fsp3) is 0.0741. The molecule has 1 atom stereocenters. The molecule has 2 amide bonds. The summed E-state index contributed by atoms with van der Waals surface area (Å²) in [7, 11) is -1.83. The van der Waals surface area contributed by atoms with Crippen LogP contribution < -0.4 is 83.4 Å². The Hall–Kier alpha value is -3.23. The predicted molar refractivity (Wildman–Crippen MR) is 157 cm³/mol. The van der Waals surface area contributed by atoms with Gasteiger partial charge in [0.05, 0.1) is 53.2 Å². The summed E-state index contributed by atoms with van der Waals surface area (Å²) in [4.78, 5) is 12.4. The SMILES string of the molecule is COc1cc(N=Nc2cccc(OS(=O)[O-])c2)ccc1NC(=O)Nc1ccc(N=Nc2cccc(S(=O)(=O)[O-])c2)cc1OC.[Na+].[Na+]. The van der Waals surface area contributed by atoms with Crippen molar-refractivity contribution >= 4 is 61.6 Å². The average Bonchev–Trinajstić information content (AvgIpc) is 2.99. The molecule has 0 aliphatic carbocycles. The third-order valence-corrected chi connectivity index (χ3v) is 6.68.